The first-order chi connectivity index (χ1) is 13.7. The number of anilines is 1. The Balaban J connectivity index is 1.67. The second-order valence-electron chi connectivity index (χ2n) is 6.63. The maximum Gasteiger partial charge on any atom is 0.242 e. The fourth-order valence-electron chi connectivity index (χ4n) is 3.40. The van der Waals surface area contributed by atoms with Crippen molar-refractivity contribution in [1.82, 2.24) is 24.9 Å². The van der Waals surface area contributed by atoms with E-state index in [4.69, 9.17) is 9.72 Å². The van der Waals surface area contributed by atoms with Crippen LogP contribution in [0, 0.1) is 0 Å². The lowest BCUT2D eigenvalue weighted by atomic mass is 10.2. The van der Waals surface area contributed by atoms with Crippen LogP contribution in [0.3, 0.4) is 0 Å². The molecule has 0 unspecified atom stereocenters. The molecule has 1 fully saturated rings. The topological polar surface area (TPSA) is 93.4 Å². The normalized spacial score (nSPS) is 16.5. The molecule has 1 saturated heterocycles. The van der Waals surface area contributed by atoms with Crippen molar-refractivity contribution in [2.75, 3.05) is 19.0 Å². The fraction of sp³-hybridized carbons (Fsp3) is 0.200. The van der Waals surface area contributed by atoms with Crippen LogP contribution in [0.1, 0.15) is 6.42 Å². The van der Waals surface area contributed by atoms with E-state index in [0.29, 0.717) is 30.4 Å². The lowest BCUT2D eigenvalue weighted by Crippen LogP contribution is -2.30. The van der Waals surface area contributed by atoms with Gasteiger partial charge < -0.3 is 15.4 Å². The lowest BCUT2D eigenvalue weighted by Gasteiger charge is -2.12. The van der Waals surface area contributed by atoms with Crippen molar-refractivity contribution in [3.8, 4) is 17.1 Å². The van der Waals surface area contributed by atoms with Gasteiger partial charge in [0.1, 0.15) is 11.8 Å². The molecule has 8 heteroatoms. The van der Waals surface area contributed by atoms with Crippen LogP contribution in [0.4, 0.5) is 5.95 Å². The number of carbonyl (C=O) groups excluding carboxylic acids is 1. The Labute approximate surface area is 160 Å². The van der Waals surface area contributed by atoms with Crippen LogP contribution in [0.15, 0.2) is 48.5 Å². The van der Waals surface area contributed by atoms with Crippen molar-refractivity contribution >= 4 is 28.4 Å². The maximum absolute atomic E-state index is 12.0. The van der Waals surface area contributed by atoms with Gasteiger partial charge in [0.05, 0.1) is 12.6 Å². The number of aromatic nitrogens is 4. The molecule has 0 saturated carbocycles. The molecular weight excluding hydrogens is 356 g/mol. The minimum atomic E-state index is -0.328. The van der Waals surface area contributed by atoms with Crippen molar-refractivity contribution in [3.63, 3.8) is 0 Å². The number of fused-ring (bicyclic) bond motifs is 3. The van der Waals surface area contributed by atoms with Crippen LogP contribution in [0.2, 0.25) is 0 Å². The number of ether oxygens (including phenoxy) is 1. The molecule has 0 radical (unpaired) electrons. The highest BCUT2D eigenvalue weighted by atomic mass is 16.5. The van der Waals surface area contributed by atoms with Crippen LogP contribution < -0.4 is 15.4 Å². The van der Waals surface area contributed by atoms with Crippen LogP contribution in [0.5, 0.6) is 5.75 Å². The monoisotopic (exact) mass is 374 g/mol. The fourth-order valence-corrected chi connectivity index (χ4v) is 3.40. The molecule has 8 nitrogen and oxygen atoms in total. The summed E-state index contributed by atoms with van der Waals surface area (Å²) in [5.41, 5.74) is 2.36. The first-order valence-electron chi connectivity index (χ1n) is 9.07. The number of nitrogens with zero attached hydrogens (tertiary/aromatic N) is 4. The summed E-state index contributed by atoms with van der Waals surface area (Å²) in [6.45, 7) is 0.654. The van der Waals surface area contributed by atoms with Gasteiger partial charge in [-0.15, -0.1) is 5.10 Å². The number of methoxy groups -OCH3 is 1. The number of hydrogen-bond donors (Lipinski definition) is 2. The van der Waals surface area contributed by atoms with Gasteiger partial charge in [-0.25, -0.2) is 9.97 Å². The smallest absolute Gasteiger partial charge is 0.242 e. The molecule has 1 aliphatic heterocycles. The van der Waals surface area contributed by atoms with Gasteiger partial charge in [0.15, 0.2) is 11.5 Å². The first kappa shape index (κ1) is 16.5. The standard InChI is InChI=1S/C20H18N6O2/c1-28-13-8-6-12(7-9-13)17-24-18-14-4-2-3-5-15(14)22-20(26(18)25-17)23-16-10-11-21-19(16)27/h2-9,16H,10-11H2,1H3,(H,21,27)(H,22,23)/t16-/m1/s1. The molecule has 1 amide bonds. The predicted molar refractivity (Wildman–Crippen MR) is 105 cm³/mol. The summed E-state index contributed by atoms with van der Waals surface area (Å²) in [5.74, 6) is 1.83. The van der Waals surface area contributed by atoms with E-state index in [2.05, 4.69) is 20.7 Å². The zero-order valence-corrected chi connectivity index (χ0v) is 15.2. The average Bonchev–Trinajstić information content (AvgIpc) is 3.35. The van der Waals surface area contributed by atoms with E-state index in [-0.39, 0.29) is 11.9 Å². The molecular formula is C20H18N6O2. The summed E-state index contributed by atoms with van der Waals surface area (Å²) in [7, 11) is 1.63. The van der Waals surface area contributed by atoms with Gasteiger partial charge >= 0.3 is 0 Å². The van der Waals surface area contributed by atoms with Gasteiger partial charge in [0.2, 0.25) is 11.9 Å². The van der Waals surface area contributed by atoms with Gasteiger partial charge in [0.25, 0.3) is 0 Å². The van der Waals surface area contributed by atoms with Crippen LogP contribution in [0.25, 0.3) is 27.9 Å². The number of nitrogens with one attached hydrogen (secondary N) is 2. The first-order valence-corrected chi connectivity index (χ1v) is 9.07. The third kappa shape index (κ3) is 2.70. The van der Waals surface area contributed by atoms with E-state index >= 15 is 0 Å². The summed E-state index contributed by atoms with van der Waals surface area (Å²) in [4.78, 5) is 21.4. The van der Waals surface area contributed by atoms with Gasteiger partial charge in [-0.2, -0.15) is 4.52 Å². The highest BCUT2D eigenvalue weighted by Gasteiger charge is 2.26. The van der Waals surface area contributed by atoms with Gasteiger partial charge in [-0.1, -0.05) is 12.1 Å². The summed E-state index contributed by atoms with van der Waals surface area (Å²) in [6, 6.07) is 15.0. The molecule has 0 spiro atoms. The van der Waals surface area contributed by atoms with Crippen molar-refractivity contribution in [2.24, 2.45) is 0 Å². The zero-order chi connectivity index (χ0) is 19.1. The molecule has 2 aromatic heterocycles. The van der Waals surface area contributed by atoms with E-state index < -0.39 is 0 Å². The number of hydrogen-bond acceptors (Lipinski definition) is 6. The largest absolute Gasteiger partial charge is 0.497 e. The minimum absolute atomic E-state index is 0.0291. The maximum atomic E-state index is 12.0. The van der Waals surface area contributed by atoms with Crippen LogP contribution in [-0.4, -0.2) is 45.2 Å². The van der Waals surface area contributed by atoms with Crippen molar-refractivity contribution in [2.45, 2.75) is 12.5 Å². The molecule has 3 heterocycles. The predicted octanol–water partition coefficient (Wildman–Crippen LogP) is 2.25. The molecule has 1 atom stereocenters. The Morgan fingerprint density at radius 3 is 2.71 bits per heavy atom. The zero-order valence-electron chi connectivity index (χ0n) is 15.2. The third-order valence-electron chi connectivity index (χ3n) is 4.88. The lowest BCUT2D eigenvalue weighted by molar-refractivity contribution is -0.119. The average molecular weight is 374 g/mol. The van der Waals surface area contributed by atoms with E-state index in [1.54, 1.807) is 11.6 Å². The molecule has 0 aliphatic carbocycles. The SMILES string of the molecule is COc1ccc(-c2nc3c4ccccc4nc(N[C@@H]4CCNC4=O)n3n2)cc1. The molecule has 5 rings (SSSR count). The molecule has 140 valence electrons. The Morgan fingerprint density at radius 2 is 1.96 bits per heavy atom. The molecule has 28 heavy (non-hydrogen) atoms. The quantitative estimate of drug-likeness (QED) is 0.569. The van der Waals surface area contributed by atoms with E-state index in [9.17, 15) is 4.79 Å². The number of amides is 1. The molecule has 4 aromatic rings. The minimum Gasteiger partial charge on any atom is -0.497 e. The summed E-state index contributed by atoms with van der Waals surface area (Å²) < 4.78 is 6.90. The number of benzene rings is 2. The van der Waals surface area contributed by atoms with Crippen molar-refractivity contribution in [3.05, 3.63) is 48.5 Å². The summed E-state index contributed by atoms with van der Waals surface area (Å²) in [5, 5.41) is 11.6. The van der Waals surface area contributed by atoms with Crippen molar-refractivity contribution < 1.29 is 9.53 Å². The second-order valence-corrected chi connectivity index (χ2v) is 6.63. The Kier molecular flexibility index (Phi) is 3.82. The highest BCUT2D eigenvalue weighted by molar-refractivity contribution is 5.93. The van der Waals surface area contributed by atoms with Gasteiger partial charge in [-0.3, -0.25) is 4.79 Å². The molecule has 1 aliphatic rings. The molecule has 0 bridgehead atoms. The Morgan fingerprint density at radius 1 is 1.14 bits per heavy atom. The van der Waals surface area contributed by atoms with E-state index in [0.717, 1.165) is 22.2 Å². The van der Waals surface area contributed by atoms with Crippen LogP contribution in [-0.2, 0) is 4.79 Å². The van der Waals surface area contributed by atoms with Gasteiger partial charge in [0, 0.05) is 17.5 Å². The Bertz CT molecular complexity index is 1180. The third-order valence-corrected chi connectivity index (χ3v) is 4.88. The van der Waals surface area contributed by atoms with E-state index in [1.807, 2.05) is 48.5 Å². The molecule has 2 aromatic carbocycles. The number of para-hydroxylation sites is 1. The summed E-state index contributed by atoms with van der Waals surface area (Å²) >= 11 is 0. The number of rotatable bonds is 4. The van der Waals surface area contributed by atoms with Crippen LogP contribution >= 0.6 is 0 Å². The highest BCUT2D eigenvalue weighted by Crippen LogP contribution is 2.26. The second kappa shape index (κ2) is 6.49. The Hall–Kier alpha value is -3.68. The van der Waals surface area contributed by atoms with Crippen molar-refractivity contribution in [1.29, 1.82) is 0 Å². The summed E-state index contributed by atoms with van der Waals surface area (Å²) in [6.07, 6.45) is 0.703. The van der Waals surface area contributed by atoms with E-state index in [1.165, 1.54) is 0 Å². The molecule has 2 N–H and O–H groups in total. The van der Waals surface area contributed by atoms with Gasteiger partial charge in [-0.05, 0) is 42.8 Å². The number of carbonyl (C=O) groups is 1.